The Morgan fingerprint density at radius 2 is 2.27 bits per heavy atom. The van der Waals surface area contributed by atoms with Crippen LogP contribution in [0.2, 0.25) is 0 Å². The van der Waals surface area contributed by atoms with Crippen LogP contribution >= 0.6 is 28.3 Å². The fourth-order valence-electron chi connectivity index (χ4n) is 1.13. The van der Waals surface area contributed by atoms with Crippen LogP contribution in [0.25, 0.3) is 0 Å². The van der Waals surface area contributed by atoms with Crippen molar-refractivity contribution < 1.29 is 4.74 Å². The molecular weight excluding hydrogens is 279 g/mol. The highest BCUT2D eigenvalue weighted by molar-refractivity contribution is 9.10. The van der Waals surface area contributed by atoms with E-state index in [1.165, 1.54) is 0 Å². The maximum Gasteiger partial charge on any atom is 0.133 e. The Balaban J connectivity index is 0.00000196. The van der Waals surface area contributed by atoms with E-state index in [4.69, 9.17) is 15.7 Å². The van der Waals surface area contributed by atoms with Gasteiger partial charge in [0.15, 0.2) is 0 Å². The number of hydrogen-bond donors (Lipinski definition) is 1. The summed E-state index contributed by atoms with van der Waals surface area (Å²) >= 11 is 3.36. The van der Waals surface area contributed by atoms with Crippen LogP contribution in [0.15, 0.2) is 22.7 Å². The van der Waals surface area contributed by atoms with E-state index < -0.39 is 0 Å². The van der Waals surface area contributed by atoms with Crippen LogP contribution < -0.4 is 10.5 Å². The number of nitrogens with two attached hydrogens (primary N) is 1. The summed E-state index contributed by atoms with van der Waals surface area (Å²) in [6, 6.07) is 7.38. The van der Waals surface area contributed by atoms with Gasteiger partial charge < -0.3 is 10.5 Å². The molecule has 1 rings (SSSR count). The summed E-state index contributed by atoms with van der Waals surface area (Å²) in [5.74, 6) is 0.762. The maximum atomic E-state index is 8.50. The summed E-state index contributed by atoms with van der Waals surface area (Å²) < 4.78 is 5.94. The van der Waals surface area contributed by atoms with Crippen molar-refractivity contribution in [3.05, 3.63) is 28.2 Å². The van der Waals surface area contributed by atoms with Crippen LogP contribution in [0.4, 0.5) is 0 Å². The predicted octanol–water partition coefficient (Wildman–Crippen LogP) is 2.79. The molecule has 1 aromatic carbocycles. The zero-order valence-corrected chi connectivity index (χ0v) is 10.6. The van der Waals surface area contributed by atoms with Gasteiger partial charge in [0.2, 0.25) is 0 Å². The second-order valence-electron chi connectivity index (χ2n) is 2.86. The lowest BCUT2D eigenvalue weighted by molar-refractivity contribution is 0.412. The molecule has 15 heavy (non-hydrogen) atoms. The molecule has 0 aliphatic carbocycles. The number of nitriles is 1. The molecule has 0 amide bonds. The highest BCUT2D eigenvalue weighted by Crippen LogP contribution is 2.28. The van der Waals surface area contributed by atoms with Crippen LogP contribution in [0.1, 0.15) is 18.0 Å². The summed E-state index contributed by atoms with van der Waals surface area (Å²) in [5, 5.41) is 8.50. The van der Waals surface area contributed by atoms with Gasteiger partial charge in [-0.15, -0.1) is 12.4 Å². The van der Waals surface area contributed by atoms with E-state index in [9.17, 15) is 0 Å². The van der Waals surface area contributed by atoms with Gasteiger partial charge in [-0.3, -0.25) is 0 Å². The van der Waals surface area contributed by atoms with Crippen molar-refractivity contribution >= 4 is 28.3 Å². The first-order valence-electron chi connectivity index (χ1n) is 4.15. The van der Waals surface area contributed by atoms with Crippen molar-refractivity contribution in [2.45, 2.75) is 12.5 Å². The van der Waals surface area contributed by atoms with Crippen molar-refractivity contribution in [1.82, 2.24) is 0 Å². The van der Waals surface area contributed by atoms with Crippen molar-refractivity contribution in [2.75, 3.05) is 7.11 Å². The lowest BCUT2D eigenvalue weighted by Crippen LogP contribution is -2.09. The Kier molecular flexibility index (Phi) is 6.34. The molecule has 0 saturated carbocycles. The molecule has 0 aliphatic heterocycles. The van der Waals surface area contributed by atoms with Crippen LogP contribution in [0.5, 0.6) is 5.75 Å². The van der Waals surface area contributed by atoms with Gasteiger partial charge in [0.25, 0.3) is 0 Å². The smallest absolute Gasteiger partial charge is 0.133 e. The summed E-state index contributed by atoms with van der Waals surface area (Å²) in [4.78, 5) is 0. The van der Waals surface area contributed by atoms with E-state index in [1.807, 2.05) is 24.3 Å². The molecule has 82 valence electrons. The Morgan fingerprint density at radius 3 is 2.73 bits per heavy atom. The predicted molar refractivity (Wildman–Crippen MR) is 65.1 cm³/mol. The number of halogens is 2. The second-order valence-corrected chi connectivity index (χ2v) is 3.72. The second kappa shape index (κ2) is 6.67. The first-order valence-corrected chi connectivity index (χ1v) is 4.94. The average molecular weight is 292 g/mol. The number of rotatable bonds is 3. The van der Waals surface area contributed by atoms with Crippen molar-refractivity contribution in [3.8, 4) is 11.8 Å². The molecular formula is C10H12BrClN2O. The van der Waals surface area contributed by atoms with Gasteiger partial charge in [-0.05, 0) is 33.6 Å². The molecule has 0 spiro atoms. The minimum atomic E-state index is -0.234. The molecule has 5 heteroatoms. The zero-order valence-electron chi connectivity index (χ0n) is 8.24. The van der Waals surface area contributed by atoms with Gasteiger partial charge in [-0.2, -0.15) is 5.26 Å². The number of methoxy groups -OCH3 is 1. The summed E-state index contributed by atoms with van der Waals surface area (Å²) in [5.41, 5.74) is 6.71. The molecule has 0 bridgehead atoms. The highest BCUT2D eigenvalue weighted by Gasteiger charge is 2.07. The number of benzene rings is 1. The third kappa shape index (κ3) is 3.71. The monoisotopic (exact) mass is 290 g/mol. The zero-order chi connectivity index (χ0) is 10.6. The summed E-state index contributed by atoms with van der Waals surface area (Å²) in [7, 11) is 1.61. The molecule has 0 fully saturated rings. The fourth-order valence-corrected chi connectivity index (χ4v) is 1.69. The van der Waals surface area contributed by atoms with Gasteiger partial charge >= 0.3 is 0 Å². The third-order valence-corrected chi connectivity index (χ3v) is 2.53. The number of nitrogens with zero attached hydrogens (tertiary/aromatic N) is 1. The van der Waals surface area contributed by atoms with Crippen molar-refractivity contribution in [3.63, 3.8) is 0 Å². The SMILES string of the molecule is COc1ccc([C@@H](N)CC#N)cc1Br.Cl. The molecule has 0 saturated heterocycles. The van der Waals surface area contributed by atoms with E-state index in [-0.39, 0.29) is 18.4 Å². The van der Waals surface area contributed by atoms with Gasteiger partial charge in [0.05, 0.1) is 24.1 Å². The highest BCUT2D eigenvalue weighted by atomic mass is 79.9. The van der Waals surface area contributed by atoms with E-state index in [0.29, 0.717) is 6.42 Å². The molecule has 0 radical (unpaired) electrons. The van der Waals surface area contributed by atoms with Crippen molar-refractivity contribution in [1.29, 1.82) is 5.26 Å². The minimum absolute atomic E-state index is 0. The van der Waals surface area contributed by atoms with Crippen LogP contribution in [0.3, 0.4) is 0 Å². The Labute approximate surface area is 104 Å². The summed E-state index contributed by atoms with van der Waals surface area (Å²) in [6.07, 6.45) is 0.318. The average Bonchev–Trinajstić information content (AvgIpc) is 2.18. The standard InChI is InChI=1S/C10H11BrN2O.ClH/c1-14-10-3-2-7(6-8(10)11)9(13)4-5-12;/h2-3,6,9H,4,13H2,1H3;1H/t9-;/m0./s1. The molecule has 0 aliphatic rings. The van der Waals surface area contributed by atoms with Gasteiger partial charge in [0.1, 0.15) is 5.75 Å². The Morgan fingerprint density at radius 1 is 1.60 bits per heavy atom. The topological polar surface area (TPSA) is 59.0 Å². The minimum Gasteiger partial charge on any atom is -0.496 e. The normalized spacial score (nSPS) is 11.1. The molecule has 1 aromatic rings. The van der Waals surface area contributed by atoms with Crippen molar-refractivity contribution in [2.24, 2.45) is 5.73 Å². The van der Waals surface area contributed by atoms with Gasteiger partial charge in [-0.1, -0.05) is 6.07 Å². The molecule has 0 heterocycles. The van der Waals surface area contributed by atoms with Crippen LogP contribution in [-0.2, 0) is 0 Å². The van der Waals surface area contributed by atoms with E-state index in [1.54, 1.807) is 7.11 Å². The molecule has 0 unspecified atom stereocenters. The lowest BCUT2D eigenvalue weighted by Gasteiger charge is -2.10. The molecule has 0 aromatic heterocycles. The largest absolute Gasteiger partial charge is 0.496 e. The van der Waals surface area contributed by atoms with Gasteiger partial charge in [0, 0.05) is 6.04 Å². The molecule has 2 N–H and O–H groups in total. The third-order valence-electron chi connectivity index (χ3n) is 1.92. The Bertz CT molecular complexity index is 365. The van der Waals surface area contributed by atoms with Crippen LogP contribution in [0, 0.1) is 11.3 Å². The molecule has 1 atom stereocenters. The summed E-state index contributed by atoms with van der Waals surface area (Å²) in [6.45, 7) is 0. The van der Waals surface area contributed by atoms with E-state index in [2.05, 4.69) is 15.9 Å². The fraction of sp³-hybridized carbons (Fsp3) is 0.300. The van der Waals surface area contributed by atoms with Gasteiger partial charge in [-0.25, -0.2) is 0 Å². The van der Waals surface area contributed by atoms with E-state index in [0.717, 1.165) is 15.8 Å². The first kappa shape index (κ1) is 14.2. The Hall–Kier alpha value is -0.760. The quantitative estimate of drug-likeness (QED) is 0.931. The lowest BCUT2D eigenvalue weighted by atomic mass is 10.1. The number of ether oxygens (including phenoxy) is 1. The van der Waals surface area contributed by atoms with Crippen LogP contribution in [-0.4, -0.2) is 7.11 Å². The van der Waals surface area contributed by atoms with E-state index >= 15 is 0 Å². The number of hydrogen-bond acceptors (Lipinski definition) is 3. The first-order chi connectivity index (χ1) is 6.69. The maximum absolute atomic E-state index is 8.50. The molecule has 3 nitrogen and oxygen atoms in total.